The monoisotopic (exact) mass is 341 g/mol. The van der Waals surface area contributed by atoms with Gasteiger partial charge in [-0.3, -0.25) is 4.79 Å². The Morgan fingerprint density at radius 3 is 2.42 bits per heavy atom. The molecule has 1 aliphatic heterocycles. The van der Waals surface area contributed by atoms with Crippen molar-refractivity contribution in [1.82, 2.24) is 4.90 Å². The fourth-order valence-electron chi connectivity index (χ4n) is 3.58. The number of rotatable bonds is 1. The molecule has 0 atom stereocenters. The van der Waals surface area contributed by atoms with Crippen LogP contribution in [0, 0.1) is 5.41 Å². The van der Waals surface area contributed by atoms with E-state index in [1.54, 1.807) is 11.3 Å². The SMILES string of the molecule is O=C(c1sccc1Br)N1CCC2(CCCCC2)CC1. The van der Waals surface area contributed by atoms with Gasteiger partial charge < -0.3 is 4.90 Å². The van der Waals surface area contributed by atoms with Crippen molar-refractivity contribution in [3.05, 3.63) is 20.8 Å². The van der Waals surface area contributed by atoms with Gasteiger partial charge in [-0.25, -0.2) is 0 Å². The first-order valence-electron chi connectivity index (χ1n) is 7.23. The van der Waals surface area contributed by atoms with Crippen molar-refractivity contribution in [2.24, 2.45) is 5.41 Å². The van der Waals surface area contributed by atoms with Crippen molar-refractivity contribution in [3.63, 3.8) is 0 Å². The average Bonchev–Trinajstić information content (AvgIpc) is 2.86. The van der Waals surface area contributed by atoms with Gasteiger partial charge in [0.15, 0.2) is 0 Å². The first-order chi connectivity index (χ1) is 9.20. The second-order valence-corrected chi connectivity index (χ2v) is 7.72. The van der Waals surface area contributed by atoms with Gasteiger partial charge in [0, 0.05) is 17.6 Å². The smallest absolute Gasteiger partial charge is 0.265 e. The van der Waals surface area contributed by atoms with Crippen LogP contribution >= 0.6 is 27.3 Å². The van der Waals surface area contributed by atoms with Gasteiger partial charge in [-0.2, -0.15) is 0 Å². The van der Waals surface area contributed by atoms with Crippen LogP contribution in [-0.4, -0.2) is 23.9 Å². The lowest BCUT2D eigenvalue weighted by molar-refractivity contribution is 0.0475. The Kier molecular flexibility index (Phi) is 3.99. The highest BCUT2D eigenvalue weighted by molar-refractivity contribution is 9.10. The number of halogens is 1. The topological polar surface area (TPSA) is 20.3 Å². The minimum Gasteiger partial charge on any atom is -0.338 e. The van der Waals surface area contributed by atoms with Crippen LogP contribution in [0.15, 0.2) is 15.9 Å². The molecule has 3 rings (SSSR count). The normalized spacial score (nSPS) is 22.7. The molecule has 1 saturated carbocycles. The van der Waals surface area contributed by atoms with Gasteiger partial charge in [0.25, 0.3) is 5.91 Å². The van der Waals surface area contributed by atoms with Gasteiger partial charge in [0.05, 0.1) is 0 Å². The Morgan fingerprint density at radius 2 is 1.84 bits per heavy atom. The number of piperidine rings is 1. The summed E-state index contributed by atoms with van der Waals surface area (Å²) < 4.78 is 0.945. The van der Waals surface area contributed by atoms with Crippen LogP contribution < -0.4 is 0 Å². The van der Waals surface area contributed by atoms with Crippen LogP contribution in [0.25, 0.3) is 0 Å². The van der Waals surface area contributed by atoms with Crippen LogP contribution in [0.5, 0.6) is 0 Å². The number of carbonyl (C=O) groups is 1. The van der Waals surface area contributed by atoms with Crippen molar-refractivity contribution in [2.45, 2.75) is 44.9 Å². The fraction of sp³-hybridized carbons (Fsp3) is 0.667. The molecule has 4 heteroatoms. The highest BCUT2D eigenvalue weighted by atomic mass is 79.9. The van der Waals surface area contributed by atoms with E-state index in [4.69, 9.17) is 0 Å². The number of likely N-dealkylation sites (tertiary alicyclic amines) is 1. The fourth-order valence-corrected chi connectivity index (χ4v) is 5.08. The zero-order chi connectivity index (χ0) is 13.3. The molecule has 0 aromatic carbocycles. The molecule has 0 bridgehead atoms. The third-order valence-electron chi connectivity index (χ3n) is 4.84. The van der Waals surface area contributed by atoms with Crippen LogP contribution in [0.4, 0.5) is 0 Å². The van der Waals surface area contributed by atoms with E-state index in [1.165, 1.54) is 44.9 Å². The molecule has 0 N–H and O–H groups in total. The van der Waals surface area contributed by atoms with Crippen molar-refractivity contribution in [3.8, 4) is 0 Å². The zero-order valence-electron chi connectivity index (χ0n) is 11.2. The van der Waals surface area contributed by atoms with E-state index in [-0.39, 0.29) is 5.91 Å². The summed E-state index contributed by atoms with van der Waals surface area (Å²) in [5.74, 6) is 0.215. The Hall–Kier alpha value is -0.350. The summed E-state index contributed by atoms with van der Waals surface area (Å²) in [4.78, 5) is 15.4. The first-order valence-corrected chi connectivity index (χ1v) is 8.90. The summed E-state index contributed by atoms with van der Waals surface area (Å²) >= 11 is 5.01. The first kappa shape index (κ1) is 13.6. The van der Waals surface area contributed by atoms with E-state index in [0.717, 1.165) is 22.4 Å². The van der Waals surface area contributed by atoms with Gasteiger partial charge in [0.2, 0.25) is 0 Å². The lowest BCUT2D eigenvalue weighted by atomic mass is 9.68. The standard InChI is InChI=1S/C15H20BrNOS/c16-12-4-11-19-13(12)14(18)17-9-7-15(8-10-17)5-2-1-3-6-15/h4,11H,1-3,5-10H2. The minimum atomic E-state index is 0.215. The highest BCUT2D eigenvalue weighted by Gasteiger charge is 2.37. The lowest BCUT2D eigenvalue weighted by Crippen LogP contribution is -2.43. The summed E-state index contributed by atoms with van der Waals surface area (Å²) in [6.45, 7) is 1.90. The third kappa shape index (κ3) is 2.75. The molecule has 1 aromatic heterocycles. The molecule has 2 nitrogen and oxygen atoms in total. The second kappa shape index (κ2) is 5.57. The molecule has 2 aliphatic rings. The molecule has 1 aromatic rings. The molecule has 2 fully saturated rings. The Morgan fingerprint density at radius 1 is 1.16 bits per heavy atom. The van der Waals surface area contributed by atoms with Crippen LogP contribution in [-0.2, 0) is 0 Å². The molecular formula is C15H20BrNOS. The van der Waals surface area contributed by atoms with Crippen molar-refractivity contribution in [1.29, 1.82) is 0 Å². The Labute approximate surface area is 127 Å². The second-order valence-electron chi connectivity index (χ2n) is 5.95. The molecule has 104 valence electrons. The quantitative estimate of drug-likeness (QED) is 0.725. The van der Waals surface area contributed by atoms with Gasteiger partial charge in [-0.05, 0) is 58.5 Å². The maximum Gasteiger partial charge on any atom is 0.265 e. The largest absolute Gasteiger partial charge is 0.338 e. The molecule has 1 aliphatic carbocycles. The van der Waals surface area contributed by atoms with Crippen LogP contribution in [0.2, 0.25) is 0 Å². The minimum absolute atomic E-state index is 0.215. The maximum atomic E-state index is 12.5. The van der Waals surface area contributed by atoms with Crippen LogP contribution in [0.3, 0.4) is 0 Å². The van der Waals surface area contributed by atoms with E-state index in [9.17, 15) is 4.79 Å². The maximum absolute atomic E-state index is 12.5. The van der Waals surface area contributed by atoms with Crippen molar-refractivity contribution < 1.29 is 4.79 Å². The molecular weight excluding hydrogens is 322 g/mol. The zero-order valence-corrected chi connectivity index (χ0v) is 13.6. The van der Waals surface area contributed by atoms with E-state index in [1.807, 2.05) is 11.4 Å². The Balaban J connectivity index is 1.64. The number of hydrogen-bond donors (Lipinski definition) is 0. The van der Waals surface area contributed by atoms with Crippen molar-refractivity contribution >= 4 is 33.2 Å². The molecule has 19 heavy (non-hydrogen) atoms. The Bertz CT molecular complexity index is 454. The number of amides is 1. The van der Waals surface area contributed by atoms with E-state index in [0.29, 0.717) is 5.41 Å². The van der Waals surface area contributed by atoms with E-state index >= 15 is 0 Å². The molecule has 2 heterocycles. The van der Waals surface area contributed by atoms with E-state index in [2.05, 4.69) is 20.8 Å². The third-order valence-corrected chi connectivity index (χ3v) is 6.66. The molecule has 1 saturated heterocycles. The highest BCUT2D eigenvalue weighted by Crippen LogP contribution is 2.44. The number of nitrogens with zero attached hydrogens (tertiary/aromatic N) is 1. The van der Waals surface area contributed by atoms with E-state index < -0.39 is 0 Å². The average molecular weight is 342 g/mol. The van der Waals surface area contributed by atoms with Crippen LogP contribution in [0.1, 0.15) is 54.6 Å². The summed E-state index contributed by atoms with van der Waals surface area (Å²) in [6.07, 6.45) is 9.39. The molecule has 1 amide bonds. The van der Waals surface area contributed by atoms with Crippen molar-refractivity contribution in [2.75, 3.05) is 13.1 Å². The van der Waals surface area contributed by atoms with Gasteiger partial charge in [-0.15, -0.1) is 11.3 Å². The number of thiophene rings is 1. The summed E-state index contributed by atoms with van der Waals surface area (Å²) in [5.41, 5.74) is 0.571. The summed E-state index contributed by atoms with van der Waals surface area (Å²) in [5, 5.41) is 1.98. The number of carbonyl (C=O) groups excluding carboxylic acids is 1. The predicted molar refractivity (Wildman–Crippen MR) is 82.7 cm³/mol. The molecule has 0 radical (unpaired) electrons. The van der Waals surface area contributed by atoms with Gasteiger partial charge in [-0.1, -0.05) is 19.3 Å². The summed E-state index contributed by atoms with van der Waals surface area (Å²) in [6, 6.07) is 1.96. The van der Waals surface area contributed by atoms with Gasteiger partial charge >= 0.3 is 0 Å². The molecule has 0 unspecified atom stereocenters. The predicted octanol–water partition coefficient (Wildman–Crippen LogP) is 4.70. The van der Waals surface area contributed by atoms with Gasteiger partial charge in [0.1, 0.15) is 4.88 Å². The number of hydrogen-bond acceptors (Lipinski definition) is 2. The lowest BCUT2D eigenvalue weighted by Gasteiger charge is -2.44. The summed E-state index contributed by atoms with van der Waals surface area (Å²) in [7, 11) is 0. The molecule has 1 spiro atoms.